The molecule has 0 aliphatic carbocycles. The van der Waals surface area contributed by atoms with Gasteiger partial charge in [0.1, 0.15) is 11.5 Å². The molecular formula is C19H14O4. The highest BCUT2D eigenvalue weighted by molar-refractivity contribution is 6.05. The van der Waals surface area contributed by atoms with Crippen LogP contribution in [0.3, 0.4) is 0 Å². The number of benzene rings is 2. The fraction of sp³-hybridized carbons (Fsp3) is 0.0526. The Bertz CT molecular complexity index is 816. The molecule has 114 valence electrons. The van der Waals surface area contributed by atoms with Crippen LogP contribution < -0.4 is 4.74 Å². The van der Waals surface area contributed by atoms with Gasteiger partial charge in [-0.1, -0.05) is 48.5 Å². The minimum atomic E-state index is -0.429. The smallest absolute Gasteiger partial charge is 0.343 e. The molecule has 0 radical (unpaired) electrons. The van der Waals surface area contributed by atoms with Crippen molar-refractivity contribution in [2.24, 2.45) is 0 Å². The fourth-order valence-electron chi connectivity index (χ4n) is 2.25. The van der Waals surface area contributed by atoms with Crippen LogP contribution in [0.1, 0.15) is 18.1 Å². The molecule has 0 unspecified atom stereocenters. The number of cyclic esters (lactones) is 1. The van der Waals surface area contributed by atoms with Gasteiger partial charge in [-0.3, -0.25) is 4.79 Å². The second-order valence-corrected chi connectivity index (χ2v) is 5.00. The monoisotopic (exact) mass is 306 g/mol. The molecule has 4 nitrogen and oxygen atoms in total. The molecule has 3 rings (SSSR count). The van der Waals surface area contributed by atoms with Crippen molar-refractivity contribution in [2.45, 2.75) is 6.92 Å². The van der Waals surface area contributed by atoms with Gasteiger partial charge in [0, 0.05) is 18.1 Å². The number of carbonyl (C=O) groups excluding carboxylic acids is 2. The molecule has 0 atom stereocenters. The highest BCUT2D eigenvalue weighted by atomic mass is 16.5. The number of rotatable bonds is 3. The standard InChI is InChI=1S/C19H14O4/c1-13(20)22-17-10-6-5-9-15(17)11-16-12-18(23-19(16)21)14-7-3-2-4-8-14/h2-12H,1H3/b16-11+. The Morgan fingerprint density at radius 2 is 1.74 bits per heavy atom. The Morgan fingerprint density at radius 1 is 1.04 bits per heavy atom. The van der Waals surface area contributed by atoms with E-state index < -0.39 is 11.9 Å². The van der Waals surface area contributed by atoms with Crippen molar-refractivity contribution in [2.75, 3.05) is 0 Å². The summed E-state index contributed by atoms with van der Waals surface area (Å²) in [5, 5.41) is 0. The zero-order valence-electron chi connectivity index (χ0n) is 12.5. The van der Waals surface area contributed by atoms with E-state index in [1.807, 2.05) is 36.4 Å². The van der Waals surface area contributed by atoms with Crippen LogP contribution in [0.2, 0.25) is 0 Å². The van der Waals surface area contributed by atoms with Crippen LogP contribution >= 0.6 is 0 Å². The zero-order chi connectivity index (χ0) is 16.2. The van der Waals surface area contributed by atoms with E-state index in [4.69, 9.17) is 9.47 Å². The summed E-state index contributed by atoms with van der Waals surface area (Å²) in [4.78, 5) is 23.2. The van der Waals surface area contributed by atoms with Crippen LogP contribution in [-0.2, 0) is 14.3 Å². The van der Waals surface area contributed by atoms with Crippen LogP contribution in [0, 0.1) is 0 Å². The number of hydrogen-bond acceptors (Lipinski definition) is 4. The van der Waals surface area contributed by atoms with Crippen molar-refractivity contribution in [1.29, 1.82) is 0 Å². The van der Waals surface area contributed by atoms with Crippen LogP contribution in [-0.4, -0.2) is 11.9 Å². The third-order valence-corrected chi connectivity index (χ3v) is 3.27. The van der Waals surface area contributed by atoms with Gasteiger partial charge in [-0.05, 0) is 18.2 Å². The summed E-state index contributed by atoms with van der Waals surface area (Å²) in [5.74, 6) is 0.0699. The average Bonchev–Trinajstić information content (AvgIpc) is 2.91. The summed E-state index contributed by atoms with van der Waals surface area (Å²) in [7, 11) is 0. The first kappa shape index (κ1) is 14.8. The molecule has 4 heteroatoms. The molecular weight excluding hydrogens is 292 g/mol. The zero-order valence-corrected chi connectivity index (χ0v) is 12.5. The normalized spacial score (nSPS) is 15.3. The van der Waals surface area contributed by atoms with Gasteiger partial charge in [-0.15, -0.1) is 0 Å². The minimum absolute atomic E-state index is 0.405. The van der Waals surface area contributed by atoms with Crippen LogP contribution in [0.15, 0.2) is 66.2 Å². The van der Waals surface area contributed by atoms with E-state index in [1.165, 1.54) is 6.92 Å². The van der Waals surface area contributed by atoms with E-state index in [0.717, 1.165) is 5.56 Å². The lowest BCUT2D eigenvalue weighted by Gasteiger charge is -2.05. The van der Waals surface area contributed by atoms with Gasteiger partial charge in [-0.2, -0.15) is 0 Å². The van der Waals surface area contributed by atoms with Crippen LogP contribution in [0.5, 0.6) is 5.75 Å². The van der Waals surface area contributed by atoms with E-state index in [1.54, 1.807) is 30.4 Å². The molecule has 23 heavy (non-hydrogen) atoms. The Hall–Kier alpha value is -3.14. The Labute approximate surface area is 133 Å². The summed E-state index contributed by atoms with van der Waals surface area (Å²) in [6, 6.07) is 16.4. The highest BCUT2D eigenvalue weighted by Crippen LogP contribution is 2.29. The maximum atomic E-state index is 12.0. The lowest BCUT2D eigenvalue weighted by molar-refractivity contribution is -0.132. The molecule has 0 amide bonds. The maximum Gasteiger partial charge on any atom is 0.343 e. The molecule has 1 heterocycles. The molecule has 0 N–H and O–H groups in total. The summed E-state index contributed by atoms with van der Waals surface area (Å²) >= 11 is 0. The maximum absolute atomic E-state index is 12.0. The number of ether oxygens (including phenoxy) is 2. The van der Waals surface area contributed by atoms with Gasteiger partial charge >= 0.3 is 11.9 Å². The Balaban J connectivity index is 1.95. The molecule has 1 aliphatic rings. The van der Waals surface area contributed by atoms with Crippen molar-refractivity contribution in [3.8, 4) is 5.75 Å². The number of esters is 2. The van der Waals surface area contributed by atoms with Gasteiger partial charge in [0.05, 0.1) is 5.57 Å². The molecule has 2 aromatic rings. The number of hydrogen-bond donors (Lipinski definition) is 0. The lowest BCUT2D eigenvalue weighted by Crippen LogP contribution is -2.03. The molecule has 0 spiro atoms. The minimum Gasteiger partial charge on any atom is -0.426 e. The SMILES string of the molecule is CC(=O)Oc1ccccc1/C=C1\C=C(c2ccccc2)OC1=O. The number of carbonyl (C=O) groups is 2. The third kappa shape index (κ3) is 3.37. The topological polar surface area (TPSA) is 52.6 Å². The van der Waals surface area contributed by atoms with Crippen molar-refractivity contribution in [3.63, 3.8) is 0 Å². The first-order valence-corrected chi connectivity index (χ1v) is 7.12. The van der Waals surface area contributed by atoms with Gasteiger partial charge < -0.3 is 9.47 Å². The average molecular weight is 306 g/mol. The number of para-hydroxylation sites is 1. The van der Waals surface area contributed by atoms with E-state index in [0.29, 0.717) is 22.6 Å². The van der Waals surface area contributed by atoms with Gasteiger partial charge in [0.25, 0.3) is 0 Å². The van der Waals surface area contributed by atoms with Crippen molar-refractivity contribution < 1.29 is 19.1 Å². The van der Waals surface area contributed by atoms with E-state index in [2.05, 4.69) is 0 Å². The summed E-state index contributed by atoms with van der Waals surface area (Å²) in [5.41, 5.74) is 1.88. The largest absolute Gasteiger partial charge is 0.426 e. The molecule has 0 saturated heterocycles. The second-order valence-electron chi connectivity index (χ2n) is 5.00. The third-order valence-electron chi connectivity index (χ3n) is 3.27. The molecule has 2 aromatic carbocycles. The predicted octanol–water partition coefficient (Wildman–Crippen LogP) is 3.59. The quantitative estimate of drug-likeness (QED) is 0.494. The second kappa shape index (κ2) is 6.32. The van der Waals surface area contributed by atoms with E-state index >= 15 is 0 Å². The molecule has 0 saturated carbocycles. The summed E-state index contributed by atoms with van der Waals surface area (Å²) < 4.78 is 10.4. The van der Waals surface area contributed by atoms with Crippen LogP contribution in [0.4, 0.5) is 0 Å². The van der Waals surface area contributed by atoms with Gasteiger partial charge in [-0.25, -0.2) is 4.79 Å². The van der Waals surface area contributed by atoms with Gasteiger partial charge in [0.2, 0.25) is 0 Å². The Kier molecular flexibility index (Phi) is 4.06. The van der Waals surface area contributed by atoms with E-state index in [9.17, 15) is 9.59 Å². The predicted molar refractivity (Wildman–Crippen MR) is 86.2 cm³/mol. The molecule has 1 aliphatic heterocycles. The lowest BCUT2D eigenvalue weighted by atomic mass is 10.1. The van der Waals surface area contributed by atoms with Crippen molar-refractivity contribution in [3.05, 3.63) is 77.4 Å². The first-order valence-electron chi connectivity index (χ1n) is 7.12. The summed E-state index contributed by atoms with van der Waals surface area (Å²) in [6.07, 6.45) is 3.33. The summed E-state index contributed by atoms with van der Waals surface area (Å²) in [6.45, 7) is 1.33. The molecule has 0 fully saturated rings. The van der Waals surface area contributed by atoms with Gasteiger partial charge in [0.15, 0.2) is 0 Å². The first-order chi connectivity index (χ1) is 11.1. The molecule has 0 aromatic heterocycles. The van der Waals surface area contributed by atoms with E-state index in [-0.39, 0.29) is 0 Å². The Morgan fingerprint density at radius 3 is 2.48 bits per heavy atom. The van der Waals surface area contributed by atoms with Crippen LogP contribution in [0.25, 0.3) is 11.8 Å². The fourth-order valence-corrected chi connectivity index (χ4v) is 2.25. The van der Waals surface area contributed by atoms with Crippen molar-refractivity contribution >= 4 is 23.8 Å². The van der Waals surface area contributed by atoms with Crippen molar-refractivity contribution in [1.82, 2.24) is 0 Å². The molecule has 0 bridgehead atoms. The highest BCUT2D eigenvalue weighted by Gasteiger charge is 2.22.